The molecule has 96 valence electrons. The highest BCUT2D eigenvalue weighted by Crippen LogP contribution is 2.23. The minimum Gasteiger partial charge on any atom is -0.469 e. The van der Waals surface area contributed by atoms with Crippen molar-refractivity contribution in [3.63, 3.8) is 0 Å². The molecule has 2 atom stereocenters. The monoisotopic (exact) mass is 240 g/mol. The largest absolute Gasteiger partial charge is 0.469 e. The average Bonchev–Trinajstić information content (AvgIpc) is 2.56. The molecule has 0 bridgehead atoms. The van der Waals surface area contributed by atoms with E-state index in [0.717, 1.165) is 25.9 Å². The molecule has 2 fully saturated rings. The number of ether oxygens (including phenoxy) is 1. The topological polar surface area (TPSA) is 58.6 Å². The molecule has 0 spiro atoms. The molecule has 5 heteroatoms. The Morgan fingerprint density at radius 1 is 1.47 bits per heavy atom. The van der Waals surface area contributed by atoms with E-state index in [1.807, 2.05) is 4.90 Å². The van der Waals surface area contributed by atoms with Crippen molar-refractivity contribution in [2.45, 2.75) is 31.7 Å². The van der Waals surface area contributed by atoms with Crippen molar-refractivity contribution >= 4 is 11.9 Å². The minimum atomic E-state index is -0.268. The molecule has 2 aliphatic heterocycles. The SMILES string of the molecule is COC(=O)C1CC(=O)N(C2CCCCNC2)C1. The number of carbonyl (C=O) groups excluding carboxylic acids is 2. The number of hydrogen-bond acceptors (Lipinski definition) is 4. The second-order valence-electron chi connectivity index (χ2n) is 4.82. The molecule has 5 nitrogen and oxygen atoms in total. The summed E-state index contributed by atoms with van der Waals surface area (Å²) >= 11 is 0. The van der Waals surface area contributed by atoms with Crippen LogP contribution in [0, 0.1) is 5.92 Å². The normalized spacial score (nSPS) is 30.2. The van der Waals surface area contributed by atoms with Crippen molar-refractivity contribution < 1.29 is 14.3 Å². The van der Waals surface area contributed by atoms with E-state index in [4.69, 9.17) is 4.74 Å². The second-order valence-corrected chi connectivity index (χ2v) is 4.82. The molecule has 0 aliphatic carbocycles. The summed E-state index contributed by atoms with van der Waals surface area (Å²) in [6.07, 6.45) is 3.65. The molecular weight excluding hydrogens is 220 g/mol. The van der Waals surface area contributed by atoms with Gasteiger partial charge in [-0.1, -0.05) is 6.42 Å². The van der Waals surface area contributed by atoms with Crippen LogP contribution in [0.3, 0.4) is 0 Å². The summed E-state index contributed by atoms with van der Waals surface area (Å²) in [5.41, 5.74) is 0. The van der Waals surface area contributed by atoms with Gasteiger partial charge in [-0.15, -0.1) is 0 Å². The fourth-order valence-corrected chi connectivity index (χ4v) is 2.68. The Balaban J connectivity index is 1.96. The summed E-state index contributed by atoms with van der Waals surface area (Å²) in [4.78, 5) is 25.2. The maximum atomic E-state index is 11.9. The molecule has 0 aromatic heterocycles. The van der Waals surface area contributed by atoms with Crippen LogP contribution in [0.15, 0.2) is 0 Å². The summed E-state index contributed by atoms with van der Waals surface area (Å²) < 4.78 is 4.71. The van der Waals surface area contributed by atoms with Crippen LogP contribution in [0.5, 0.6) is 0 Å². The van der Waals surface area contributed by atoms with Crippen LogP contribution in [0.4, 0.5) is 0 Å². The number of esters is 1. The molecule has 2 heterocycles. The Bertz CT molecular complexity index is 298. The van der Waals surface area contributed by atoms with Crippen LogP contribution >= 0.6 is 0 Å². The number of methoxy groups -OCH3 is 1. The van der Waals surface area contributed by atoms with E-state index in [2.05, 4.69) is 5.32 Å². The van der Waals surface area contributed by atoms with Gasteiger partial charge in [0.1, 0.15) is 0 Å². The van der Waals surface area contributed by atoms with Crippen molar-refractivity contribution in [2.75, 3.05) is 26.7 Å². The Morgan fingerprint density at radius 2 is 2.29 bits per heavy atom. The maximum absolute atomic E-state index is 11.9. The van der Waals surface area contributed by atoms with E-state index >= 15 is 0 Å². The highest BCUT2D eigenvalue weighted by Gasteiger charge is 2.38. The van der Waals surface area contributed by atoms with Crippen LogP contribution in [-0.4, -0.2) is 49.6 Å². The minimum absolute atomic E-state index is 0.0918. The average molecular weight is 240 g/mol. The van der Waals surface area contributed by atoms with Crippen molar-refractivity contribution in [3.8, 4) is 0 Å². The number of nitrogens with zero attached hydrogens (tertiary/aromatic N) is 1. The Labute approximate surface area is 101 Å². The van der Waals surface area contributed by atoms with Gasteiger partial charge < -0.3 is 15.0 Å². The zero-order valence-corrected chi connectivity index (χ0v) is 10.3. The van der Waals surface area contributed by atoms with Gasteiger partial charge in [0.05, 0.1) is 13.0 Å². The van der Waals surface area contributed by atoms with E-state index < -0.39 is 0 Å². The van der Waals surface area contributed by atoms with E-state index in [1.165, 1.54) is 13.5 Å². The first-order chi connectivity index (χ1) is 8.22. The third kappa shape index (κ3) is 2.77. The smallest absolute Gasteiger partial charge is 0.310 e. The number of carbonyl (C=O) groups is 2. The first-order valence-corrected chi connectivity index (χ1v) is 6.30. The van der Waals surface area contributed by atoms with Gasteiger partial charge in [-0.25, -0.2) is 0 Å². The molecule has 0 saturated carbocycles. The highest BCUT2D eigenvalue weighted by atomic mass is 16.5. The lowest BCUT2D eigenvalue weighted by atomic mass is 10.1. The summed E-state index contributed by atoms with van der Waals surface area (Å²) in [7, 11) is 1.38. The first kappa shape index (κ1) is 12.4. The highest BCUT2D eigenvalue weighted by molar-refractivity contribution is 5.87. The number of rotatable bonds is 2. The van der Waals surface area contributed by atoms with E-state index in [9.17, 15) is 9.59 Å². The summed E-state index contributed by atoms with van der Waals surface area (Å²) in [6.45, 7) is 2.40. The van der Waals surface area contributed by atoms with Gasteiger partial charge in [0.2, 0.25) is 5.91 Å². The summed E-state index contributed by atoms with van der Waals surface area (Å²) in [5.74, 6) is -0.438. The molecule has 0 aromatic carbocycles. The van der Waals surface area contributed by atoms with Crippen LogP contribution in [0.25, 0.3) is 0 Å². The molecule has 0 radical (unpaired) electrons. The molecule has 2 saturated heterocycles. The standard InChI is InChI=1S/C12H20N2O3/c1-17-12(16)9-6-11(15)14(8-9)10-4-2-3-5-13-7-10/h9-10,13H,2-8H2,1H3. The predicted octanol–water partition coefficient (Wildman–Crippen LogP) is 0.150. The maximum Gasteiger partial charge on any atom is 0.310 e. The third-order valence-corrected chi connectivity index (χ3v) is 3.65. The number of likely N-dealkylation sites (tertiary alicyclic amines) is 1. The Hall–Kier alpha value is -1.10. The van der Waals surface area contributed by atoms with Crippen LogP contribution in [-0.2, 0) is 14.3 Å². The molecule has 2 unspecified atom stereocenters. The predicted molar refractivity (Wildman–Crippen MR) is 62.3 cm³/mol. The lowest BCUT2D eigenvalue weighted by molar-refractivity contribution is -0.145. The number of hydrogen-bond donors (Lipinski definition) is 1. The number of amides is 1. The second kappa shape index (κ2) is 5.49. The Morgan fingerprint density at radius 3 is 3.06 bits per heavy atom. The van der Waals surface area contributed by atoms with E-state index in [1.54, 1.807) is 0 Å². The fraction of sp³-hybridized carbons (Fsp3) is 0.833. The molecule has 0 aromatic rings. The molecule has 1 amide bonds. The lowest BCUT2D eigenvalue weighted by Gasteiger charge is -2.26. The van der Waals surface area contributed by atoms with Crippen LogP contribution in [0.1, 0.15) is 25.7 Å². The third-order valence-electron chi connectivity index (χ3n) is 3.65. The van der Waals surface area contributed by atoms with Crippen LogP contribution < -0.4 is 5.32 Å². The van der Waals surface area contributed by atoms with Gasteiger partial charge >= 0.3 is 5.97 Å². The molecule has 2 aliphatic rings. The first-order valence-electron chi connectivity index (χ1n) is 6.30. The van der Waals surface area contributed by atoms with Gasteiger partial charge in [-0.2, -0.15) is 0 Å². The summed E-state index contributed by atoms with van der Waals surface area (Å²) in [5, 5.41) is 3.34. The lowest BCUT2D eigenvalue weighted by Crippen LogP contribution is -2.42. The number of nitrogens with one attached hydrogen (secondary N) is 1. The zero-order chi connectivity index (χ0) is 12.3. The summed E-state index contributed by atoms with van der Waals surface area (Å²) in [6, 6.07) is 0.250. The van der Waals surface area contributed by atoms with Gasteiger partial charge in [0.25, 0.3) is 0 Å². The van der Waals surface area contributed by atoms with Crippen molar-refractivity contribution in [1.82, 2.24) is 10.2 Å². The molecule has 2 rings (SSSR count). The molecule has 1 N–H and O–H groups in total. The van der Waals surface area contributed by atoms with Crippen LogP contribution in [0.2, 0.25) is 0 Å². The van der Waals surface area contributed by atoms with Gasteiger partial charge in [-0.05, 0) is 19.4 Å². The molecule has 17 heavy (non-hydrogen) atoms. The molecular formula is C12H20N2O3. The Kier molecular flexibility index (Phi) is 3.99. The van der Waals surface area contributed by atoms with Gasteiger partial charge in [-0.3, -0.25) is 9.59 Å². The van der Waals surface area contributed by atoms with Crippen molar-refractivity contribution in [2.24, 2.45) is 5.92 Å². The van der Waals surface area contributed by atoms with Crippen molar-refractivity contribution in [3.05, 3.63) is 0 Å². The van der Waals surface area contributed by atoms with E-state index in [0.29, 0.717) is 13.0 Å². The van der Waals surface area contributed by atoms with Gasteiger partial charge in [0.15, 0.2) is 0 Å². The zero-order valence-electron chi connectivity index (χ0n) is 10.3. The van der Waals surface area contributed by atoms with Crippen molar-refractivity contribution in [1.29, 1.82) is 0 Å². The van der Waals surface area contributed by atoms with Gasteiger partial charge in [0, 0.05) is 25.6 Å². The fourth-order valence-electron chi connectivity index (χ4n) is 2.68. The quantitative estimate of drug-likeness (QED) is 0.698. The van der Waals surface area contributed by atoms with E-state index in [-0.39, 0.29) is 23.8 Å².